The predicted octanol–water partition coefficient (Wildman–Crippen LogP) is 2.00. The van der Waals surface area contributed by atoms with Gasteiger partial charge in [0.25, 0.3) is 0 Å². The van der Waals surface area contributed by atoms with Crippen molar-refractivity contribution in [2.45, 2.75) is 32.4 Å². The highest BCUT2D eigenvalue weighted by Crippen LogP contribution is 2.19. The lowest BCUT2D eigenvalue weighted by Crippen LogP contribution is -2.54. The number of rotatable bonds is 3. The van der Waals surface area contributed by atoms with Crippen molar-refractivity contribution in [3.8, 4) is 6.07 Å². The van der Waals surface area contributed by atoms with Crippen molar-refractivity contribution in [2.24, 2.45) is 0 Å². The van der Waals surface area contributed by atoms with Crippen LogP contribution >= 0.6 is 0 Å². The molecule has 2 rings (SSSR count). The monoisotopic (exact) mass is 287 g/mol. The van der Waals surface area contributed by atoms with Gasteiger partial charge < -0.3 is 10.1 Å². The molecular formula is C16H21N3O2. The maximum absolute atomic E-state index is 12.3. The van der Waals surface area contributed by atoms with Crippen molar-refractivity contribution in [3.63, 3.8) is 0 Å². The van der Waals surface area contributed by atoms with Crippen molar-refractivity contribution in [1.29, 1.82) is 5.26 Å². The fraction of sp³-hybridized carbons (Fsp3) is 0.500. The zero-order chi connectivity index (χ0) is 15.5. The van der Waals surface area contributed by atoms with E-state index in [2.05, 4.69) is 16.3 Å². The second kappa shape index (κ2) is 6.25. The summed E-state index contributed by atoms with van der Waals surface area (Å²) in [5.41, 5.74) is 0.958. The standard InChI is InChI=1S/C16H21N3O2/c1-12(19-7-8-21-16(2,3)11-19)15(20)18-14-6-4-5-13(9-14)10-17/h4-6,9,12H,7-8,11H2,1-3H3,(H,18,20). The van der Waals surface area contributed by atoms with Crippen molar-refractivity contribution in [3.05, 3.63) is 29.8 Å². The number of carbonyl (C=O) groups excluding carboxylic acids is 1. The Bertz CT molecular complexity index is 563. The van der Waals surface area contributed by atoms with Crippen molar-refractivity contribution < 1.29 is 9.53 Å². The summed E-state index contributed by atoms with van der Waals surface area (Å²) in [7, 11) is 0. The van der Waals surface area contributed by atoms with Gasteiger partial charge in [0.1, 0.15) is 0 Å². The molecule has 0 saturated carbocycles. The van der Waals surface area contributed by atoms with Crippen LogP contribution in [0.1, 0.15) is 26.3 Å². The average molecular weight is 287 g/mol. The van der Waals surface area contributed by atoms with Gasteiger partial charge in [0, 0.05) is 18.8 Å². The summed E-state index contributed by atoms with van der Waals surface area (Å²) >= 11 is 0. The maximum atomic E-state index is 12.3. The Balaban J connectivity index is 2.01. The third-order valence-corrected chi connectivity index (χ3v) is 3.64. The van der Waals surface area contributed by atoms with Crippen molar-refractivity contribution >= 4 is 11.6 Å². The van der Waals surface area contributed by atoms with Gasteiger partial charge in [0.15, 0.2) is 0 Å². The molecule has 1 N–H and O–H groups in total. The molecule has 5 nitrogen and oxygen atoms in total. The molecule has 21 heavy (non-hydrogen) atoms. The van der Waals surface area contributed by atoms with Gasteiger partial charge in [-0.3, -0.25) is 9.69 Å². The molecule has 5 heteroatoms. The Hall–Kier alpha value is -1.90. The van der Waals surface area contributed by atoms with E-state index < -0.39 is 0 Å². The van der Waals surface area contributed by atoms with Crippen LogP contribution in [0.5, 0.6) is 0 Å². The molecule has 1 saturated heterocycles. The molecule has 0 radical (unpaired) electrons. The van der Waals surface area contributed by atoms with E-state index in [4.69, 9.17) is 10.00 Å². The molecule has 1 amide bonds. The zero-order valence-corrected chi connectivity index (χ0v) is 12.7. The van der Waals surface area contributed by atoms with Gasteiger partial charge >= 0.3 is 0 Å². The number of nitrogens with one attached hydrogen (secondary N) is 1. The van der Waals surface area contributed by atoms with Crippen LogP contribution in [0.2, 0.25) is 0 Å². The Morgan fingerprint density at radius 1 is 1.52 bits per heavy atom. The maximum Gasteiger partial charge on any atom is 0.241 e. The summed E-state index contributed by atoms with van der Waals surface area (Å²) in [6.45, 7) is 8.05. The molecular weight excluding hydrogens is 266 g/mol. The first-order chi connectivity index (χ1) is 9.91. The van der Waals surface area contributed by atoms with Gasteiger partial charge in [-0.25, -0.2) is 0 Å². The highest BCUT2D eigenvalue weighted by atomic mass is 16.5. The molecule has 1 atom stereocenters. The number of benzene rings is 1. The Kier molecular flexibility index (Phi) is 4.61. The van der Waals surface area contributed by atoms with E-state index in [-0.39, 0.29) is 17.6 Å². The molecule has 1 aliphatic heterocycles. The molecule has 0 aromatic heterocycles. The second-order valence-corrected chi connectivity index (χ2v) is 5.94. The van der Waals surface area contributed by atoms with Crippen LogP contribution in [-0.4, -0.2) is 42.1 Å². The fourth-order valence-corrected chi connectivity index (χ4v) is 2.46. The Morgan fingerprint density at radius 2 is 2.29 bits per heavy atom. The van der Waals surface area contributed by atoms with Gasteiger partial charge in [-0.2, -0.15) is 5.26 Å². The van der Waals surface area contributed by atoms with Gasteiger partial charge in [0.05, 0.1) is 29.9 Å². The summed E-state index contributed by atoms with van der Waals surface area (Å²) in [6, 6.07) is 8.76. The molecule has 0 bridgehead atoms. The topological polar surface area (TPSA) is 65.4 Å². The van der Waals surface area contributed by atoms with Crippen LogP contribution in [0.4, 0.5) is 5.69 Å². The number of carbonyl (C=O) groups is 1. The first kappa shape index (κ1) is 15.5. The molecule has 112 valence electrons. The first-order valence-electron chi connectivity index (χ1n) is 7.10. The van der Waals surface area contributed by atoms with Crippen molar-refractivity contribution in [2.75, 3.05) is 25.0 Å². The minimum atomic E-state index is -0.237. The lowest BCUT2D eigenvalue weighted by atomic mass is 10.1. The van der Waals surface area contributed by atoms with E-state index in [1.54, 1.807) is 24.3 Å². The van der Waals surface area contributed by atoms with Gasteiger partial charge in [0.2, 0.25) is 5.91 Å². The van der Waals surface area contributed by atoms with E-state index >= 15 is 0 Å². The number of nitrogens with zero attached hydrogens (tertiary/aromatic N) is 2. The van der Waals surface area contributed by atoms with Gasteiger partial charge in [-0.05, 0) is 39.0 Å². The minimum absolute atomic E-state index is 0.0669. The van der Waals surface area contributed by atoms with Crippen LogP contribution in [0.25, 0.3) is 0 Å². The van der Waals surface area contributed by atoms with Crippen LogP contribution < -0.4 is 5.32 Å². The van der Waals surface area contributed by atoms with Crippen LogP contribution in [0, 0.1) is 11.3 Å². The lowest BCUT2D eigenvalue weighted by Gasteiger charge is -2.40. The summed E-state index contributed by atoms with van der Waals surface area (Å²) in [5, 5.41) is 11.8. The summed E-state index contributed by atoms with van der Waals surface area (Å²) in [4.78, 5) is 14.5. The molecule has 1 aromatic rings. The number of anilines is 1. The molecule has 0 spiro atoms. The van der Waals surface area contributed by atoms with E-state index in [9.17, 15) is 4.79 Å². The van der Waals surface area contributed by atoms with E-state index in [0.717, 1.165) is 13.1 Å². The Labute approximate surface area is 125 Å². The predicted molar refractivity (Wildman–Crippen MR) is 80.9 cm³/mol. The van der Waals surface area contributed by atoms with E-state index in [0.29, 0.717) is 17.9 Å². The average Bonchev–Trinajstić information content (AvgIpc) is 2.45. The van der Waals surface area contributed by atoms with Crippen molar-refractivity contribution in [1.82, 2.24) is 4.90 Å². The highest BCUT2D eigenvalue weighted by molar-refractivity contribution is 5.94. The minimum Gasteiger partial charge on any atom is -0.373 e. The normalized spacial score (nSPS) is 19.5. The summed E-state index contributed by atoms with van der Waals surface area (Å²) in [6.07, 6.45) is 0. The molecule has 1 unspecified atom stereocenters. The molecule has 1 fully saturated rings. The largest absolute Gasteiger partial charge is 0.373 e. The number of amides is 1. The summed E-state index contributed by atoms with van der Waals surface area (Å²) < 4.78 is 5.66. The number of hydrogen-bond donors (Lipinski definition) is 1. The van der Waals surface area contributed by atoms with E-state index in [1.165, 1.54) is 0 Å². The second-order valence-electron chi connectivity index (χ2n) is 5.94. The highest BCUT2D eigenvalue weighted by Gasteiger charge is 2.32. The van der Waals surface area contributed by atoms with Crippen LogP contribution in [0.3, 0.4) is 0 Å². The molecule has 0 aliphatic carbocycles. The fourth-order valence-electron chi connectivity index (χ4n) is 2.46. The lowest BCUT2D eigenvalue weighted by molar-refractivity contribution is -0.129. The Morgan fingerprint density at radius 3 is 2.95 bits per heavy atom. The van der Waals surface area contributed by atoms with Gasteiger partial charge in [-0.15, -0.1) is 0 Å². The molecule has 1 aliphatic rings. The smallest absolute Gasteiger partial charge is 0.241 e. The van der Waals surface area contributed by atoms with Crippen LogP contribution in [-0.2, 0) is 9.53 Å². The van der Waals surface area contributed by atoms with Crippen LogP contribution in [0.15, 0.2) is 24.3 Å². The molecule has 1 aromatic carbocycles. The molecule has 1 heterocycles. The quantitative estimate of drug-likeness (QED) is 0.923. The number of nitriles is 1. The number of hydrogen-bond acceptors (Lipinski definition) is 4. The zero-order valence-electron chi connectivity index (χ0n) is 12.7. The number of morpholine rings is 1. The SMILES string of the molecule is CC(C(=O)Nc1cccc(C#N)c1)N1CCOC(C)(C)C1. The van der Waals surface area contributed by atoms with E-state index in [1.807, 2.05) is 20.8 Å². The first-order valence-corrected chi connectivity index (χ1v) is 7.10. The summed E-state index contributed by atoms with van der Waals surface area (Å²) in [5.74, 6) is -0.0669. The third kappa shape index (κ3) is 4.03. The number of ether oxygens (including phenoxy) is 1. The third-order valence-electron chi connectivity index (χ3n) is 3.64. The van der Waals surface area contributed by atoms with Gasteiger partial charge in [-0.1, -0.05) is 6.07 Å².